The first-order valence-electron chi connectivity index (χ1n) is 8.98. The number of piperazine rings is 1. The molecule has 1 heterocycles. The standard InChI is InChI=1S/C21H27N3O2/c1-23(2)15-16-7-6-8-17(13-16)21(25)24-12-11-22-14-19(24)18-9-4-5-10-20(18)26-3/h4-10,13,19,22H,11-12,14-15H2,1-3H3. The minimum Gasteiger partial charge on any atom is -0.496 e. The van der Waals surface area contributed by atoms with Crippen molar-refractivity contribution in [2.45, 2.75) is 12.6 Å². The summed E-state index contributed by atoms with van der Waals surface area (Å²) in [5.41, 5.74) is 2.93. The number of nitrogens with zero attached hydrogens (tertiary/aromatic N) is 2. The average molecular weight is 353 g/mol. The van der Waals surface area contributed by atoms with Crippen LogP contribution < -0.4 is 10.1 Å². The fourth-order valence-electron chi connectivity index (χ4n) is 3.50. The summed E-state index contributed by atoms with van der Waals surface area (Å²) >= 11 is 0. The summed E-state index contributed by atoms with van der Waals surface area (Å²) in [6, 6.07) is 15.8. The van der Waals surface area contributed by atoms with Crippen LogP contribution in [0.5, 0.6) is 5.75 Å². The first-order chi connectivity index (χ1) is 12.6. The molecule has 0 aliphatic carbocycles. The molecule has 5 heteroatoms. The van der Waals surface area contributed by atoms with Crippen LogP contribution in [0, 0.1) is 0 Å². The zero-order valence-electron chi connectivity index (χ0n) is 15.7. The number of carbonyl (C=O) groups excluding carboxylic acids is 1. The Bertz CT molecular complexity index is 760. The van der Waals surface area contributed by atoms with Crippen molar-refractivity contribution in [2.24, 2.45) is 0 Å². The van der Waals surface area contributed by atoms with Gasteiger partial charge >= 0.3 is 0 Å². The van der Waals surface area contributed by atoms with Crippen LogP contribution in [0.4, 0.5) is 0 Å². The van der Waals surface area contributed by atoms with Gasteiger partial charge in [-0.1, -0.05) is 30.3 Å². The van der Waals surface area contributed by atoms with E-state index in [9.17, 15) is 4.79 Å². The summed E-state index contributed by atoms with van der Waals surface area (Å²) < 4.78 is 5.52. The third-order valence-corrected chi connectivity index (χ3v) is 4.67. The highest BCUT2D eigenvalue weighted by atomic mass is 16.5. The van der Waals surface area contributed by atoms with Crippen LogP contribution in [0.25, 0.3) is 0 Å². The molecule has 0 spiro atoms. The molecular formula is C21H27N3O2. The van der Waals surface area contributed by atoms with Crippen molar-refractivity contribution in [3.05, 3.63) is 65.2 Å². The van der Waals surface area contributed by atoms with Crippen molar-refractivity contribution >= 4 is 5.91 Å². The Morgan fingerprint density at radius 3 is 2.81 bits per heavy atom. The van der Waals surface area contributed by atoms with Crippen LogP contribution in [0.1, 0.15) is 27.5 Å². The average Bonchev–Trinajstić information content (AvgIpc) is 2.67. The largest absolute Gasteiger partial charge is 0.496 e. The maximum Gasteiger partial charge on any atom is 0.254 e. The zero-order valence-corrected chi connectivity index (χ0v) is 15.7. The molecule has 1 amide bonds. The molecule has 1 unspecified atom stereocenters. The van der Waals surface area contributed by atoms with E-state index in [1.807, 2.05) is 61.5 Å². The van der Waals surface area contributed by atoms with E-state index in [2.05, 4.69) is 16.3 Å². The van der Waals surface area contributed by atoms with E-state index in [1.165, 1.54) is 0 Å². The van der Waals surface area contributed by atoms with Crippen LogP contribution in [-0.4, -0.2) is 56.5 Å². The van der Waals surface area contributed by atoms with Gasteiger partial charge in [0.2, 0.25) is 0 Å². The van der Waals surface area contributed by atoms with Gasteiger partial charge in [0.25, 0.3) is 5.91 Å². The summed E-state index contributed by atoms with van der Waals surface area (Å²) in [7, 11) is 5.73. The lowest BCUT2D eigenvalue weighted by atomic mass is 10.0. The molecule has 138 valence electrons. The highest BCUT2D eigenvalue weighted by Gasteiger charge is 2.30. The maximum absolute atomic E-state index is 13.3. The van der Waals surface area contributed by atoms with Gasteiger partial charge in [-0.25, -0.2) is 0 Å². The molecule has 5 nitrogen and oxygen atoms in total. The summed E-state index contributed by atoms with van der Waals surface area (Å²) in [5.74, 6) is 0.892. The van der Waals surface area contributed by atoms with Crippen LogP contribution in [-0.2, 0) is 6.54 Å². The Labute approximate surface area is 155 Å². The third-order valence-electron chi connectivity index (χ3n) is 4.67. The number of para-hydroxylation sites is 1. The van der Waals surface area contributed by atoms with Crippen LogP contribution in [0.15, 0.2) is 48.5 Å². The van der Waals surface area contributed by atoms with E-state index in [1.54, 1.807) is 7.11 Å². The van der Waals surface area contributed by atoms with Crippen molar-refractivity contribution in [3.8, 4) is 5.75 Å². The number of rotatable bonds is 5. The molecule has 26 heavy (non-hydrogen) atoms. The number of hydrogen-bond donors (Lipinski definition) is 1. The van der Waals surface area contributed by atoms with Crippen molar-refractivity contribution in [2.75, 3.05) is 40.8 Å². The fraction of sp³-hybridized carbons (Fsp3) is 0.381. The monoisotopic (exact) mass is 353 g/mol. The second-order valence-electron chi connectivity index (χ2n) is 6.90. The second-order valence-corrected chi connectivity index (χ2v) is 6.90. The highest BCUT2D eigenvalue weighted by molar-refractivity contribution is 5.94. The molecule has 0 saturated carbocycles. The SMILES string of the molecule is COc1ccccc1C1CNCCN1C(=O)c1cccc(CN(C)C)c1. The number of carbonyl (C=O) groups is 1. The van der Waals surface area contributed by atoms with Gasteiger partial charge in [-0.2, -0.15) is 0 Å². The van der Waals surface area contributed by atoms with Gasteiger partial charge in [0.05, 0.1) is 13.2 Å². The number of hydrogen-bond acceptors (Lipinski definition) is 4. The van der Waals surface area contributed by atoms with Gasteiger partial charge in [0.1, 0.15) is 5.75 Å². The van der Waals surface area contributed by atoms with Crippen LogP contribution in [0.3, 0.4) is 0 Å². The first-order valence-corrected chi connectivity index (χ1v) is 8.98. The molecule has 0 bridgehead atoms. The van der Waals surface area contributed by atoms with Gasteiger partial charge in [0, 0.05) is 37.3 Å². The van der Waals surface area contributed by atoms with Gasteiger partial charge in [0.15, 0.2) is 0 Å². The predicted molar refractivity (Wildman–Crippen MR) is 103 cm³/mol. The molecule has 1 fully saturated rings. The lowest BCUT2D eigenvalue weighted by molar-refractivity contribution is 0.0631. The maximum atomic E-state index is 13.3. The van der Waals surface area contributed by atoms with E-state index in [0.717, 1.165) is 42.1 Å². The number of ether oxygens (including phenoxy) is 1. The van der Waals surface area contributed by atoms with E-state index in [4.69, 9.17) is 4.74 Å². The highest BCUT2D eigenvalue weighted by Crippen LogP contribution is 2.31. The summed E-state index contributed by atoms with van der Waals surface area (Å²) in [5, 5.41) is 3.40. The Morgan fingerprint density at radius 1 is 1.23 bits per heavy atom. The summed E-state index contributed by atoms with van der Waals surface area (Å²) in [6.45, 7) is 3.02. The molecule has 0 radical (unpaired) electrons. The van der Waals surface area contributed by atoms with E-state index in [0.29, 0.717) is 6.54 Å². The molecule has 1 atom stereocenters. The predicted octanol–water partition coefficient (Wildman–Crippen LogP) is 2.54. The van der Waals surface area contributed by atoms with Crippen molar-refractivity contribution in [1.82, 2.24) is 15.1 Å². The summed E-state index contributed by atoms with van der Waals surface area (Å²) in [6.07, 6.45) is 0. The Morgan fingerprint density at radius 2 is 2.04 bits per heavy atom. The molecule has 2 aromatic carbocycles. The van der Waals surface area contributed by atoms with Gasteiger partial charge in [-0.3, -0.25) is 4.79 Å². The topological polar surface area (TPSA) is 44.8 Å². The molecular weight excluding hydrogens is 326 g/mol. The van der Waals surface area contributed by atoms with Crippen molar-refractivity contribution in [3.63, 3.8) is 0 Å². The van der Waals surface area contributed by atoms with Crippen molar-refractivity contribution < 1.29 is 9.53 Å². The Kier molecular flexibility index (Phi) is 5.91. The Balaban J connectivity index is 1.89. The first kappa shape index (κ1) is 18.4. The van der Waals surface area contributed by atoms with Crippen molar-refractivity contribution in [1.29, 1.82) is 0 Å². The summed E-state index contributed by atoms with van der Waals surface area (Å²) in [4.78, 5) is 17.3. The molecule has 1 N–H and O–H groups in total. The zero-order chi connectivity index (χ0) is 18.5. The minimum atomic E-state index is -0.0371. The van der Waals surface area contributed by atoms with E-state index >= 15 is 0 Å². The van der Waals surface area contributed by atoms with E-state index < -0.39 is 0 Å². The Hall–Kier alpha value is -2.37. The fourth-order valence-corrected chi connectivity index (χ4v) is 3.50. The van der Waals surface area contributed by atoms with Gasteiger partial charge < -0.3 is 19.9 Å². The number of methoxy groups -OCH3 is 1. The van der Waals surface area contributed by atoms with Crippen LogP contribution in [0.2, 0.25) is 0 Å². The van der Waals surface area contributed by atoms with Gasteiger partial charge in [-0.15, -0.1) is 0 Å². The van der Waals surface area contributed by atoms with Gasteiger partial charge in [-0.05, 0) is 37.9 Å². The molecule has 1 aliphatic heterocycles. The van der Waals surface area contributed by atoms with E-state index in [-0.39, 0.29) is 11.9 Å². The number of benzene rings is 2. The molecule has 3 rings (SSSR count). The minimum absolute atomic E-state index is 0.0371. The second kappa shape index (κ2) is 8.34. The lowest BCUT2D eigenvalue weighted by Crippen LogP contribution is -2.48. The smallest absolute Gasteiger partial charge is 0.254 e. The normalized spacial score (nSPS) is 17.4. The number of nitrogens with one attached hydrogen (secondary N) is 1. The lowest BCUT2D eigenvalue weighted by Gasteiger charge is -2.37. The molecule has 2 aromatic rings. The quantitative estimate of drug-likeness (QED) is 0.897. The third kappa shape index (κ3) is 4.06. The molecule has 1 saturated heterocycles. The molecule has 0 aromatic heterocycles. The van der Waals surface area contributed by atoms with Crippen LogP contribution >= 0.6 is 0 Å². The number of amides is 1. The molecule has 1 aliphatic rings.